The Morgan fingerprint density at radius 1 is 0.667 bits per heavy atom. The molecule has 0 bridgehead atoms. The maximum atomic E-state index is 12.1. The highest BCUT2D eigenvalue weighted by atomic mass is 16.8. The number of fused-ring (bicyclic) bond motifs is 7. The Morgan fingerprint density at radius 3 is 1.87 bits per heavy atom. The predicted molar refractivity (Wildman–Crippen MR) is 255 cm³/mol. The number of rotatable bonds is 15. The molecule has 4 aliphatic carbocycles. The molecule has 5 saturated heterocycles. The van der Waals surface area contributed by atoms with Gasteiger partial charge in [-0.1, -0.05) is 39.3 Å². The molecule has 0 aromatic rings. The lowest BCUT2D eigenvalue weighted by Gasteiger charge is -2.59. The van der Waals surface area contributed by atoms with Crippen molar-refractivity contribution < 1.29 is 114 Å². The Hall–Kier alpha value is -1.18. The van der Waals surface area contributed by atoms with Crippen molar-refractivity contribution >= 4 is 0 Å². The third-order valence-corrected chi connectivity index (χ3v) is 19.8. The van der Waals surface area contributed by atoms with E-state index in [9.17, 15) is 66.4 Å². The lowest BCUT2D eigenvalue weighted by atomic mass is 9.46. The summed E-state index contributed by atoms with van der Waals surface area (Å²) in [5, 5.41) is 139. The summed E-state index contributed by atoms with van der Waals surface area (Å²) in [5.74, 6) is 0.334. The van der Waals surface area contributed by atoms with Crippen LogP contribution < -0.4 is 0 Å². The summed E-state index contributed by atoms with van der Waals surface area (Å²) < 4.78 is 61.1. The molecule has 13 N–H and O–H groups in total. The smallest absolute Gasteiger partial charge is 0.187 e. The molecule has 23 heteroatoms. The zero-order valence-corrected chi connectivity index (χ0v) is 44.0. The van der Waals surface area contributed by atoms with Crippen LogP contribution in [-0.4, -0.2) is 240 Å². The first-order chi connectivity index (χ1) is 35.4. The second kappa shape index (κ2) is 22.6. The SMILES string of the molecule is CO[C@]1(CCC(C)CO[C@@H]2O[C@H](CO)[C@@H](O)[C@H](O)[C@H]2O)O[C@H]2C[C@H]3[C@@H]4CC=C5C[C@@H](O[C@@H]6O[C@H](CO)[C@@H](O[C@H]7O[C@H](C)[C@@H](O)[C@H](O)[C@@H]7O)[C@H](O)[C@H]6O[C@H]6O[C@H](C)[C@@H](O)[C@H](O)[C@@H]6O)[C@H](O)C[C@]5(C)[C@H]4CC[C@]3(C)[C@H]2[C@@H]1C. The number of aliphatic hydroxyl groups excluding tert-OH is 13. The van der Waals surface area contributed by atoms with Gasteiger partial charge in [-0.05, 0) is 99.2 Å². The van der Waals surface area contributed by atoms with Gasteiger partial charge in [-0.2, -0.15) is 0 Å². The lowest BCUT2D eigenvalue weighted by Crippen LogP contribution is -2.67. The first-order valence-electron chi connectivity index (χ1n) is 27.3. The van der Waals surface area contributed by atoms with Crippen molar-refractivity contribution in [1.82, 2.24) is 0 Å². The van der Waals surface area contributed by atoms with Gasteiger partial charge in [0.15, 0.2) is 30.9 Å². The van der Waals surface area contributed by atoms with E-state index >= 15 is 0 Å². The quantitative estimate of drug-likeness (QED) is 0.0764. The fourth-order valence-corrected chi connectivity index (χ4v) is 15.3. The Morgan fingerprint density at radius 2 is 1.25 bits per heavy atom. The first kappa shape index (κ1) is 58.5. The molecule has 0 radical (unpaired) electrons. The van der Waals surface area contributed by atoms with Crippen molar-refractivity contribution in [3.63, 3.8) is 0 Å². The number of hydrogen-bond donors (Lipinski definition) is 13. The summed E-state index contributed by atoms with van der Waals surface area (Å²) in [6, 6.07) is 0. The van der Waals surface area contributed by atoms with Crippen LogP contribution in [0.3, 0.4) is 0 Å². The maximum absolute atomic E-state index is 12.1. The summed E-state index contributed by atoms with van der Waals surface area (Å²) >= 11 is 0. The fourth-order valence-electron chi connectivity index (χ4n) is 15.3. The Labute approximate surface area is 437 Å². The van der Waals surface area contributed by atoms with Crippen LogP contribution in [0.15, 0.2) is 11.6 Å². The molecule has 3 saturated carbocycles. The molecule has 0 aromatic carbocycles. The van der Waals surface area contributed by atoms with E-state index < -0.39 is 159 Å². The molecule has 0 spiro atoms. The standard InChI is InChI=1S/C52H86O23/c1-20(19-67-46-40(62)39(61)36(58)31(17-53)71-46)10-13-52(66-7)21(2)33-30(75-52)15-27-25-9-8-24-14-29(28(55)16-51(24,6)26(25)11-12-50(27,33)5)70-49-45(74-48-42(64)38(60)35(57)23(4)69-48)43(65)44(32(18-54)72-49)73-47-41(63)37(59)34(56)22(3)68-47/h8,20-23,25-49,53-65H,9-19H2,1-7H3/t20?,21-,22+,23+,25+,26-,27-,28+,29+,30-,31+,32+,33-,34+,35+,36+,37-,38-,39-,40+,41-,42-,43-,44+,45+,46+,47+,48+,49+,50-,51-,52+/m0/s1. The Bertz CT molecular complexity index is 1950. The molecule has 9 rings (SSSR count). The van der Waals surface area contributed by atoms with Gasteiger partial charge in [0.25, 0.3) is 0 Å². The molecule has 9 aliphatic rings. The zero-order valence-electron chi connectivity index (χ0n) is 44.0. The molecule has 8 fully saturated rings. The van der Waals surface area contributed by atoms with Crippen molar-refractivity contribution in [2.75, 3.05) is 26.9 Å². The van der Waals surface area contributed by atoms with Crippen LogP contribution in [0.2, 0.25) is 0 Å². The van der Waals surface area contributed by atoms with E-state index in [1.54, 1.807) is 7.11 Å². The van der Waals surface area contributed by atoms with Crippen LogP contribution in [0.1, 0.15) is 92.9 Å². The van der Waals surface area contributed by atoms with E-state index in [0.29, 0.717) is 37.5 Å². The summed E-state index contributed by atoms with van der Waals surface area (Å²) in [4.78, 5) is 0. The minimum absolute atomic E-state index is 0.0182. The summed E-state index contributed by atoms with van der Waals surface area (Å²) in [7, 11) is 1.70. The van der Waals surface area contributed by atoms with Crippen molar-refractivity contribution in [3.05, 3.63) is 11.6 Å². The van der Waals surface area contributed by atoms with E-state index in [1.807, 2.05) is 6.92 Å². The van der Waals surface area contributed by atoms with Crippen LogP contribution in [0.25, 0.3) is 0 Å². The van der Waals surface area contributed by atoms with Crippen LogP contribution in [-0.2, 0) is 47.4 Å². The van der Waals surface area contributed by atoms with Gasteiger partial charge in [-0.3, -0.25) is 0 Å². The molecule has 5 heterocycles. The summed E-state index contributed by atoms with van der Waals surface area (Å²) in [5.41, 5.74) is 0.680. The molecular weight excluding hydrogens is 993 g/mol. The molecular formula is C52H86O23. The molecule has 0 aromatic heterocycles. The number of methoxy groups -OCH3 is 1. The van der Waals surface area contributed by atoms with E-state index in [-0.39, 0.29) is 41.8 Å². The highest BCUT2D eigenvalue weighted by Crippen LogP contribution is 2.70. The van der Waals surface area contributed by atoms with Crippen molar-refractivity contribution in [2.45, 2.75) is 240 Å². The highest BCUT2D eigenvalue weighted by molar-refractivity contribution is 5.27. The van der Waals surface area contributed by atoms with Crippen molar-refractivity contribution in [1.29, 1.82) is 0 Å². The average Bonchev–Trinajstić information content (AvgIpc) is 3.85. The number of aliphatic hydroxyl groups is 13. The van der Waals surface area contributed by atoms with Crippen LogP contribution >= 0.6 is 0 Å². The second-order valence-corrected chi connectivity index (χ2v) is 24.1. The fraction of sp³-hybridized carbons (Fsp3) is 0.962. The predicted octanol–water partition coefficient (Wildman–Crippen LogP) is -2.35. The van der Waals surface area contributed by atoms with Gasteiger partial charge in [-0.15, -0.1) is 0 Å². The number of hydrogen-bond acceptors (Lipinski definition) is 23. The van der Waals surface area contributed by atoms with E-state index in [1.165, 1.54) is 13.8 Å². The molecule has 1 unspecified atom stereocenters. The molecule has 75 heavy (non-hydrogen) atoms. The molecule has 432 valence electrons. The molecule has 23 nitrogen and oxygen atoms in total. The van der Waals surface area contributed by atoms with Gasteiger partial charge in [0.2, 0.25) is 0 Å². The number of ether oxygens (including phenoxy) is 10. The largest absolute Gasteiger partial charge is 0.394 e. The third kappa shape index (κ3) is 10.4. The third-order valence-electron chi connectivity index (χ3n) is 19.8. The van der Waals surface area contributed by atoms with Crippen LogP contribution in [0.5, 0.6) is 0 Å². The van der Waals surface area contributed by atoms with Gasteiger partial charge in [0.1, 0.15) is 85.5 Å². The van der Waals surface area contributed by atoms with Crippen LogP contribution in [0.4, 0.5) is 0 Å². The Kier molecular flexibility index (Phi) is 17.6. The normalized spacial score (nSPS) is 55.3. The lowest BCUT2D eigenvalue weighted by molar-refractivity contribution is -0.390. The molecule has 32 atom stereocenters. The minimum atomic E-state index is -1.80. The van der Waals surface area contributed by atoms with Gasteiger partial charge in [0.05, 0.1) is 50.3 Å². The van der Waals surface area contributed by atoms with Gasteiger partial charge >= 0.3 is 0 Å². The minimum Gasteiger partial charge on any atom is -0.394 e. The van der Waals surface area contributed by atoms with Crippen molar-refractivity contribution in [3.8, 4) is 0 Å². The van der Waals surface area contributed by atoms with E-state index in [0.717, 1.165) is 31.3 Å². The van der Waals surface area contributed by atoms with Crippen LogP contribution in [0, 0.1) is 46.3 Å². The van der Waals surface area contributed by atoms with Gasteiger partial charge in [-0.25, -0.2) is 0 Å². The van der Waals surface area contributed by atoms with E-state index in [2.05, 4.69) is 26.8 Å². The topological polar surface area (TPSA) is 355 Å². The first-order valence-corrected chi connectivity index (χ1v) is 27.3. The molecule has 0 amide bonds. The average molecular weight is 1080 g/mol. The summed E-state index contributed by atoms with van der Waals surface area (Å²) in [6.07, 6.45) is -23.9. The maximum Gasteiger partial charge on any atom is 0.187 e. The van der Waals surface area contributed by atoms with Gasteiger partial charge < -0.3 is 114 Å². The number of allylic oxidation sites excluding steroid dienone is 1. The summed E-state index contributed by atoms with van der Waals surface area (Å²) in [6.45, 7) is 10.7. The zero-order chi connectivity index (χ0) is 54.4. The highest BCUT2D eigenvalue weighted by Gasteiger charge is 2.69. The Balaban J connectivity index is 0.868. The van der Waals surface area contributed by atoms with Crippen molar-refractivity contribution in [2.24, 2.45) is 46.3 Å². The van der Waals surface area contributed by atoms with Gasteiger partial charge in [0, 0.05) is 19.4 Å². The monoisotopic (exact) mass is 1080 g/mol. The molecule has 5 aliphatic heterocycles. The second-order valence-electron chi connectivity index (χ2n) is 24.1. The van der Waals surface area contributed by atoms with E-state index in [4.69, 9.17) is 47.4 Å².